The third kappa shape index (κ3) is 4.76. The van der Waals surface area contributed by atoms with E-state index < -0.39 is 5.97 Å². The highest BCUT2D eigenvalue weighted by atomic mass is 32.2. The number of ether oxygens (including phenoxy) is 3. The number of hydrogen-bond donors (Lipinski definition) is 0. The van der Waals surface area contributed by atoms with E-state index in [1.165, 1.54) is 11.8 Å². The van der Waals surface area contributed by atoms with Crippen LogP contribution in [0.15, 0.2) is 93.1 Å². The molecule has 3 aromatic carbocycles. The van der Waals surface area contributed by atoms with E-state index in [4.69, 9.17) is 18.6 Å². The van der Waals surface area contributed by atoms with E-state index in [9.17, 15) is 4.79 Å². The zero-order valence-corrected chi connectivity index (χ0v) is 19.5. The first-order chi connectivity index (χ1) is 16.2. The molecule has 168 valence electrons. The second-order valence-corrected chi connectivity index (χ2v) is 8.09. The first kappa shape index (κ1) is 22.6. The van der Waals surface area contributed by atoms with Crippen molar-refractivity contribution in [2.45, 2.75) is 16.7 Å². The van der Waals surface area contributed by atoms with Crippen LogP contribution in [0.5, 0.6) is 11.5 Å². The molecule has 4 rings (SSSR count). The maximum absolute atomic E-state index is 13.2. The lowest BCUT2D eigenvalue weighted by Gasteiger charge is -2.11. The Hall–Kier alpha value is -3.64. The zero-order chi connectivity index (χ0) is 23.2. The Morgan fingerprint density at radius 2 is 1.48 bits per heavy atom. The molecule has 33 heavy (non-hydrogen) atoms. The molecular formula is C27H24O5S. The van der Waals surface area contributed by atoms with Gasteiger partial charge in [-0.1, -0.05) is 72.4 Å². The molecule has 5 nitrogen and oxygen atoms in total. The lowest BCUT2D eigenvalue weighted by molar-refractivity contribution is 0.0523. The van der Waals surface area contributed by atoms with Crippen molar-refractivity contribution in [2.75, 3.05) is 20.8 Å². The molecule has 1 aromatic heterocycles. The van der Waals surface area contributed by atoms with E-state index in [0.29, 0.717) is 33.5 Å². The van der Waals surface area contributed by atoms with Crippen molar-refractivity contribution in [3.63, 3.8) is 0 Å². The molecule has 0 saturated carbocycles. The summed E-state index contributed by atoms with van der Waals surface area (Å²) in [5.41, 5.74) is 2.05. The van der Waals surface area contributed by atoms with Gasteiger partial charge in [-0.2, -0.15) is 0 Å². The van der Waals surface area contributed by atoms with Gasteiger partial charge in [-0.25, -0.2) is 4.79 Å². The van der Waals surface area contributed by atoms with Gasteiger partial charge in [-0.15, -0.1) is 0 Å². The Labute approximate surface area is 197 Å². The first-order valence-electron chi connectivity index (χ1n) is 10.5. The van der Waals surface area contributed by atoms with Gasteiger partial charge in [0.25, 0.3) is 0 Å². The van der Waals surface area contributed by atoms with Crippen LogP contribution in [0.4, 0.5) is 0 Å². The maximum Gasteiger partial charge on any atom is 0.343 e. The van der Waals surface area contributed by atoms with Gasteiger partial charge in [0, 0.05) is 17.2 Å². The Balaban J connectivity index is 1.95. The molecule has 1 heterocycles. The van der Waals surface area contributed by atoms with Gasteiger partial charge < -0.3 is 18.6 Å². The normalized spacial score (nSPS) is 10.6. The molecule has 0 unspecified atom stereocenters. The molecule has 0 N–H and O–H groups in total. The second kappa shape index (κ2) is 10.3. The molecule has 0 aliphatic heterocycles. The molecule has 0 saturated heterocycles. The maximum atomic E-state index is 13.2. The van der Waals surface area contributed by atoms with Gasteiger partial charge >= 0.3 is 5.97 Å². The van der Waals surface area contributed by atoms with Crippen LogP contribution in [0, 0.1) is 0 Å². The summed E-state index contributed by atoms with van der Waals surface area (Å²) in [5, 5.41) is 0. The molecule has 0 aliphatic rings. The number of esters is 1. The Morgan fingerprint density at radius 1 is 0.848 bits per heavy atom. The van der Waals surface area contributed by atoms with Crippen molar-refractivity contribution in [3.8, 4) is 34.1 Å². The van der Waals surface area contributed by atoms with Crippen molar-refractivity contribution in [2.24, 2.45) is 0 Å². The third-order valence-corrected chi connectivity index (χ3v) is 6.15. The average Bonchev–Trinajstić information content (AvgIpc) is 3.24. The molecule has 0 radical (unpaired) electrons. The fourth-order valence-corrected chi connectivity index (χ4v) is 4.57. The molecule has 0 aliphatic carbocycles. The quantitative estimate of drug-likeness (QED) is 0.265. The standard InChI is InChI=1S/C27H24O5S/c1-4-31-27(28)23-24(18-11-7-5-8-12-18)32-25(19-13-9-6-10-14-19)26(23)33-22-16-15-20(29-2)17-21(22)30-3/h5-17H,4H2,1-3H3. The van der Waals surface area contributed by atoms with E-state index in [0.717, 1.165) is 16.0 Å². The van der Waals surface area contributed by atoms with Crippen LogP contribution in [0.25, 0.3) is 22.6 Å². The summed E-state index contributed by atoms with van der Waals surface area (Å²) in [6, 6.07) is 24.9. The minimum Gasteiger partial charge on any atom is -0.497 e. The van der Waals surface area contributed by atoms with Crippen LogP contribution in [0.2, 0.25) is 0 Å². The molecule has 0 amide bonds. The lowest BCUT2D eigenvalue weighted by Crippen LogP contribution is -2.06. The Bertz CT molecular complexity index is 1230. The van der Waals surface area contributed by atoms with Crippen LogP contribution in [0.3, 0.4) is 0 Å². The predicted molar refractivity (Wildman–Crippen MR) is 129 cm³/mol. The number of carbonyl (C=O) groups is 1. The number of furan rings is 1. The van der Waals surface area contributed by atoms with Gasteiger partial charge in [0.05, 0.1) is 30.6 Å². The van der Waals surface area contributed by atoms with Crippen LogP contribution in [0.1, 0.15) is 17.3 Å². The minimum atomic E-state index is -0.433. The summed E-state index contributed by atoms with van der Waals surface area (Å²) in [6.07, 6.45) is 0. The number of hydrogen-bond acceptors (Lipinski definition) is 6. The highest BCUT2D eigenvalue weighted by molar-refractivity contribution is 7.99. The van der Waals surface area contributed by atoms with Crippen molar-refractivity contribution in [3.05, 3.63) is 84.4 Å². The van der Waals surface area contributed by atoms with E-state index in [2.05, 4.69) is 0 Å². The summed E-state index contributed by atoms with van der Waals surface area (Å²) in [7, 11) is 3.21. The van der Waals surface area contributed by atoms with Gasteiger partial charge in [0.15, 0.2) is 5.76 Å². The van der Waals surface area contributed by atoms with E-state index in [1.54, 1.807) is 21.1 Å². The fraction of sp³-hybridized carbons (Fsp3) is 0.148. The van der Waals surface area contributed by atoms with Crippen LogP contribution < -0.4 is 9.47 Å². The molecule has 4 aromatic rings. The monoisotopic (exact) mass is 460 g/mol. The van der Waals surface area contributed by atoms with Crippen LogP contribution in [-0.4, -0.2) is 26.8 Å². The van der Waals surface area contributed by atoms with Gasteiger partial charge in [-0.3, -0.25) is 0 Å². The summed E-state index contributed by atoms with van der Waals surface area (Å²) >= 11 is 1.40. The number of methoxy groups -OCH3 is 2. The summed E-state index contributed by atoms with van der Waals surface area (Å²) in [5.74, 6) is 1.96. The largest absolute Gasteiger partial charge is 0.497 e. The molecule has 0 fully saturated rings. The highest BCUT2D eigenvalue weighted by Crippen LogP contribution is 2.47. The second-order valence-electron chi connectivity index (χ2n) is 7.04. The molecule has 6 heteroatoms. The van der Waals surface area contributed by atoms with Crippen molar-refractivity contribution in [1.29, 1.82) is 0 Å². The molecule has 0 spiro atoms. The minimum absolute atomic E-state index is 0.259. The SMILES string of the molecule is CCOC(=O)c1c(-c2ccccc2)oc(-c2ccccc2)c1Sc1ccc(OC)cc1OC. The fourth-order valence-electron chi connectivity index (χ4n) is 3.44. The Kier molecular flexibility index (Phi) is 7.05. The van der Waals surface area contributed by atoms with Crippen molar-refractivity contribution < 1.29 is 23.4 Å². The smallest absolute Gasteiger partial charge is 0.343 e. The van der Waals surface area contributed by atoms with E-state index in [1.807, 2.05) is 78.9 Å². The Morgan fingerprint density at radius 3 is 2.06 bits per heavy atom. The summed E-state index contributed by atoms with van der Waals surface area (Å²) < 4.78 is 22.8. The van der Waals surface area contributed by atoms with E-state index >= 15 is 0 Å². The number of benzene rings is 3. The van der Waals surface area contributed by atoms with Crippen molar-refractivity contribution in [1.82, 2.24) is 0 Å². The topological polar surface area (TPSA) is 57.9 Å². The predicted octanol–water partition coefficient (Wildman–Crippen LogP) is 6.96. The van der Waals surface area contributed by atoms with Gasteiger partial charge in [-0.05, 0) is 19.1 Å². The highest BCUT2D eigenvalue weighted by Gasteiger charge is 2.29. The zero-order valence-electron chi connectivity index (χ0n) is 18.7. The summed E-state index contributed by atoms with van der Waals surface area (Å²) in [6.45, 7) is 2.05. The van der Waals surface area contributed by atoms with Crippen LogP contribution in [-0.2, 0) is 4.74 Å². The van der Waals surface area contributed by atoms with Gasteiger partial charge in [0.2, 0.25) is 0 Å². The molecule has 0 atom stereocenters. The van der Waals surface area contributed by atoms with Gasteiger partial charge in [0.1, 0.15) is 22.8 Å². The molecular weight excluding hydrogens is 436 g/mol. The summed E-state index contributed by atoms with van der Waals surface area (Å²) in [4.78, 5) is 14.7. The third-order valence-electron chi connectivity index (χ3n) is 5.00. The lowest BCUT2D eigenvalue weighted by atomic mass is 10.1. The van der Waals surface area contributed by atoms with E-state index in [-0.39, 0.29) is 6.61 Å². The van der Waals surface area contributed by atoms with Crippen LogP contribution >= 0.6 is 11.8 Å². The van der Waals surface area contributed by atoms with Crippen molar-refractivity contribution >= 4 is 17.7 Å². The number of carbonyl (C=O) groups excluding carboxylic acids is 1. The molecule has 0 bridgehead atoms. The number of rotatable bonds is 8. The average molecular weight is 461 g/mol. The first-order valence-corrected chi connectivity index (χ1v) is 11.3.